The Hall–Kier alpha value is -1.25. The van der Waals surface area contributed by atoms with Crippen LogP contribution in [0.5, 0.6) is 0 Å². The van der Waals surface area contributed by atoms with E-state index in [0.29, 0.717) is 18.9 Å². The summed E-state index contributed by atoms with van der Waals surface area (Å²) in [4.78, 5) is 10.7. The molecule has 2 atom stereocenters. The number of hydrogen-bond acceptors (Lipinski definition) is 6. The quantitative estimate of drug-likeness (QED) is 0.843. The number of nitrogens with zero attached hydrogens (tertiary/aromatic N) is 4. The van der Waals surface area contributed by atoms with Crippen molar-refractivity contribution in [3.63, 3.8) is 0 Å². The third kappa shape index (κ3) is 3.39. The van der Waals surface area contributed by atoms with Crippen LogP contribution in [0.3, 0.4) is 0 Å². The topological polar surface area (TPSA) is 86.6 Å². The molecule has 0 aromatic carbocycles. The van der Waals surface area contributed by atoms with E-state index < -0.39 is 16.1 Å². The van der Waals surface area contributed by atoms with Gasteiger partial charge < -0.3 is 10.0 Å². The van der Waals surface area contributed by atoms with Gasteiger partial charge in [-0.2, -0.15) is 0 Å². The first-order chi connectivity index (χ1) is 10.1. The third-order valence-electron chi connectivity index (χ3n) is 4.16. The predicted octanol–water partition coefficient (Wildman–Crippen LogP) is 0.0904. The molecule has 2 rings (SSSR count). The van der Waals surface area contributed by atoms with Crippen molar-refractivity contribution in [2.24, 2.45) is 5.92 Å². The zero-order chi connectivity index (χ0) is 16.7. The molecular formula is C14H24N4O3S. The number of aliphatic hydroxyl groups excluding tert-OH is 1. The van der Waals surface area contributed by atoms with E-state index >= 15 is 0 Å². The van der Waals surface area contributed by atoms with Crippen molar-refractivity contribution < 1.29 is 13.5 Å². The van der Waals surface area contributed by atoms with E-state index in [0.717, 1.165) is 17.1 Å². The first kappa shape index (κ1) is 17.1. The van der Waals surface area contributed by atoms with Crippen LogP contribution >= 0.6 is 0 Å². The number of anilines is 1. The third-order valence-corrected chi connectivity index (χ3v) is 6.12. The number of hydrogen-bond donors (Lipinski definition) is 1. The number of aromatic nitrogens is 2. The summed E-state index contributed by atoms with van der Waals surface area (Å²) in [7, 11) is -0.313. The van der Waals surface area contributed by atoms with Gasteiger partial charge in [0.1, 0.15) is 11.6 Å². The molecule has 1 saturated heterocycles. The standard InChI is InChI=1S/C14H24N4O3S/c1-9-10(2)15-11(3)16-14(9)18-6-12(13(19)7-18)8-22(20,21)17(4)5/h12-13,19H,6-8H2,1-5H3/t12-,13-/m0/s1. The van der Waals surface area contributed by atoms with Gasteiger partial charge in [-0.1, -0.05) is 0 Å². The van der Waals surface area contributed by atoms with Crippen LogP contribution < -0.4 is 4.90 Å². The van der Waals surface area contributed by atoms with E-state index in [9.17, 15) is 13.5 Å². The number of sulfonamides is 1. The van der Waals surface area contributed by atoms with Gasteiger partial charge in [-0.3, -0.25) is 0 Å². The molecule has 2 heterocycles. The summed E-state index contributed by atoms with van der Waals surface area (Å²) in [5.41, 5.74) is 1.87. The monoisotopic (exact) mass is 328 g/mol. The number of aliphatic hydroxyl groups is 1. The second-order valence-corrected chi connectivity index (χ2v) is 8.33. The summed E-state index contributed by atoms with van der Waals surface area (Å²) < 4.78 is 25.2. The fraction of sp³-hybridized carbons (Fsp3) is 0.714. The Labute approximate surface area is 132 Å². The molecule has 1 N–H and O–H groups in total. The van der Waals surface area contributed by atoms with Crippen molar-refractivity contribution >= 4 is 15.8 Å². The van der Waals surface area contributed by atoms with Gasteiger partial charge in [-0.25, -0.2) is 22.7 Å². The van der Waals surface area contributed by atoms with Crippen molar-refractivity contribution in [3.8, 4) is 0 Å². The van der Waals surface area contributed by atoms with Crippen LogP contribution in [-0.4, -0.2) is 66.8 Å². The smallest absolute Gasteiger partial charge is 0.214 e. The van der Waals surface area contributed by atoms with Crippen LogP contribution in [0.15, 0.2) is 0 Å². The highest BCUT2D eigenvalue weighted by Gasteiger charge is 2.36. The van der Waals surface area contributed by atoms with Crippen LogP contribution in [0.4, 0.5) is 5.82 Å². The van der Waals surface area contributed by atoms with Crippen LogP contribution in [0.25, 0.3) is 0 Å². The Morgan fingerprint density at radius 3 is 2.45 bits per heavy atom. The Morgan fingerprint density at radius 2 is 1.86 bits per heavy atom. The summed E-state index contributed by atoms with van der Waals surface area (Å²) >= 11 is 0. The fourth-order valence-electron chi connectivity index (χ4n) is 2.67. The lowest BCUT2D eigenvalue weighted by Crippen LogP contribution is -2.33. The minimum absolute atomic E-state index is 0.0558. The SMILES string of the molecule is Cc1nc(C)c(C)c(N2C[C@@H](CS(=O)(=O)N(C)C)[C@@H](O)C2)n1. The number of aryl methyl sites for hydroxylation is 2. The van der Waals surface area contributed by atoms with E-state index in [1.54, 1.807) is 0 Å². The van der Waals surface area contributed by atoms with E-state index in [2.05, 4.69) is 9.97 Å². The summed E-state index contributed by atoms with van der Waals surface area (Å²) in [6, 6.07) is 0. The zero-order valence-electron chi connectivity index (χ0n) is 13.7. The highest BCUT2D eigenvalue weighted by Crippen LogP contribution is 2.27. The van der Waals surface area contributed by atoms with Gasteiger partial charge in [-0.05, 0) is 20.8 Å². The molecule has 124 valence electrons. The highest BCUT2D eigenvalue weighted by atomic mass is 32.2. The molecule has 7 nitrogen and oxygen atoms in total. The molecule has 22 heavy (non-hydrogen) atoms. The summed E-state index contributed by atoms with van der Waals surface area (Å²) in [5.74, 6) is 1.09. The minimum atomic E-state index is -3.33. The molecule has 0 radical (unpaired) electrons. The second kappa shape index (κ2) is 6.10. The van der Waals surface area contributed by atoms with Crippen LogP contribution in [0.2, 0.25) is 0 Å². The first-order valence-electron chi connectivity index (χ1n) is 7.27. The van der Waals surface area contributed by atoms with E-state index in [4.69, 9.17) is 0 Å². The van der Waals surface area contributed by atoms with Crippen molar-refractivity contribution in [2.45, 2.75) is 26.9 Å². The van der Waals surface area contributed by atoms with Gasteiger partial charge in [0.25, 0.3) is 0 Å². The second-order valence-electron chi connectivity index (χ2n) is 6.10. The highest BCUT2D eigenvalue weighted by molar-refractivity contribution is 7.89. The molecular weight excluding hydrogens is 304 g/mol. The Kier molecular flexibility index (Phi) is 4.74. The van der Waals surface area contributed by atoms with E-state index in [-0.39, 0.29) is 11.7 Å². The number of β-amino-alcohol motifs (C(OH)–C–C–N with tert-alkyl or cyclic N) is 1. The van der Waals surface area contributed by atoms with Gasteiger partial charge in [0.05, 0.1) is 11.9 Å². The summed E-state index contributed by atoms with van der Waals surface area (Å²) in [6.07, 6.45) is -0.676. The summed E-state index contributed by atoms with van der Waals surface area (Å²) in [5, 5.41) is 10.2. The Morgan fingerprint density at radius 1 is 1.23 bits per heavy atom. The van der Waals surface area contributed by atoms with Gasteiger partial charge in [-0.15, -0.1) is 0 Å². The molecule has 8 heteroatoms. The van der Waals surface area contributed by atoms with Crippen LogP contribution in [0, 0.1) is 26.7 Å². The Bertz CT molecular complexity index is 660. The lowest BCUT2D eigenvalue weighted by molar-refractivity contribution is 0.157. The molecule has 0 aliphatic carbocycles. The van der Waals surface area contributed by atoms with Crippen molar-refractivity contribution in [1.29, 1.82) is 0 Å². The van der Waals surface area contributed by atoms with Gasteiger partial charge >= 0.3 is 0 Å². The zero-order valence-corrected chi connectivity index (χ0v) is 14.6. The molecule has 0 spiro atoms. The van der Waals surface area contributed by atoms with E-state index in [1.165, 1.54) is 18.4 Å². The normalized spacial score (nSPS) is 22.6. The fourth-order valence-corrected chi connectivity index (χ4v) is 3.84. The lowest BCUT2D eigenvalue weighted by atomic mass is 10.1. The van der Waals surface area contributed by atoms with Gasteiger partial charge in [0.15, 0.2) is 0 Å². The summed E-state index contributed by atoms with van der Waals surface area (Å²) in [6.45, 7) is 6.57. The molecule has 0 unspecified atom stereocenters. The van der Waals surface area contributed by atoms with Crippen molar-refractivity contribution in [3.05, 3.63) is 17.1 Å². The maximum absolute atomic E-state index is 12.0. The molecule has 0 bridgehead atoms. The van der Waals surface area contributed by atoms with Crippen LogP contribution in [0.1, 0.15) is 17.1 Å². The first-order valence-corrected chi connectivity index (χ1v) is 8.87. The molecule has 1 aromatic rings. The minimum Gasteiger partial charge on any atom is -0.391 e. The molecule has 1 aromatic heterocycles. The average Bonchev–Trinajstić information content (AvgIpc) is 2.74. The Balaban J connectivity index is 2.21. The molecule has 0 saturated carbocycles. The predicted molar refractivity (Wildman–Crippen MR) is 85.4 cm³/mol. The lowest BCUT2D eigenvalue weighted by Gasteiger charge is -2.21. The van der Waals surface area contributed by atoms with E-state index in [1.807, 2.05) is 25.7 Å². The molecule has 0 amide bonds. The average molecular weight is 328 g/mol. The molecule has 1 fully saturated rings. The van der Waals surface area contributed by atoms with Gasteiger partial charge in [0, 0.05) is 44.4 Å². The van der Waals surface area contributed by atoms with Crippen LogP contribution in [-0.2, 0) is 10.0 Å². The van der Waals surface area contributed by atoms with Gasteiger partial charge in [0.2, 0.25) is 10.0 Å². The van der Waals surface area contributed by atoms with Crippen molar-refractivity contribution in [1.82, 2.24) is 14.3 Å². The van der Waals surface area contributed by atoms with Crippen molar-refractivity contribution in [2.75, 3.05) is 37.8 Å². The maximum atomic E-state index is 12.0. The molecule has 1 aliphatic heterocycles. The molecule has 1 aliphatic rings. The number of rotatable bonds is 4. The maximum Gasteiger partial charge on any atom is 0.214 e. The largest absolute Gasteiger partial charge is 0.391 e.